The van der Waals surface area contributed by atoms with E-state index in [0.29, 0.717) is 6.54 Å². The quantitative estimate of drug-likeness (QED) is 0.718. The largest absolute Gasteiger partial charge is 0.466 e. The molecule has 1 rings (SSSR count). The van der Waals surface area contributed by atoms with Crippen LogP contribution in [0, 0.1) is 6.92 Å². The van der Waals surface area contributed by atoms with Gasteiger partial charge in [0.1, 0.15) is 17.4 Å². The molecule has 1 heterocycles. The smallest absolute Gasteiger partial charge is 0.237 e. The van der Waals surface area contributed by atoms with Gasteiger partial charge in [0.15, 0.2) is 0 Å². The number of rotatable bonds is 4. The average Bonchev–Trinajstić information content (AvgIpc) is 2.59. The third kappa shape index (κ3) is 3.07. The molecule has 3 nitrogen and oxygen atoms in total. The first-order valence-corrected chi connectivity index (χ1v) is 5.02. The van der Waals surface area contributed by atoms with Crippen molar-refractivity contribution in [1.82, 2.24) is 4.90 Å². The van der Waals surface area contributed by atoms with E-state index in [-0.39, 0.29) is 11.8 Å². The zero-order valence-electron chi connectivity index (χ0n) is 8.42. The molecule has 0 N–H and O–H groups in total. The normalized spacial score (nSPS) is 10.2. The summed E-state index contributed by atoms with van der Waals surface area (Å²) < 4.78 is 5.38. The Hall–Kier alpha value is -0.960. The van der Waals surface area contributed by atoms with Gasteiger partial charge in [-0.15, -0.1) is 11.6 Å². The second kappa shape index (κ2) is 5.05. The fourth-order valence-electron chi connectivity index (χ4n) is 1.12. The maximum absolute atomic E-state index is 11.1. The number of aryl methyl sites for hydroxylation is 1. The fraction of sp³-hybridized carbons (Fsp3) is 0.500. The number of amides is 1. The highest BCUT2D eigenvalue weighted by Crippen LogP contribution is 2.07. The van der Waals surface area contributed by atoms with Crippen molar-refractivity contribution in [1.29, 1.82) is 0 Å². The molecule has 78 valence electrons. The molecule has 0 unspecified atom stereocenters. The molecule has 0 aliphatic rings. The average molecular weight is 216 g/mol. The van der Waals surface area contributed by atoms with E-state index < -0.39 is 0 Å². The maximum Gasteiger partial charge on any atom is 0.237 e. The predicted molar refractivity (Wildman–Crippen MR) is 55.5 cm³/mol. The van der Waals surface area contributed by atoms with Crippen molar-refractivity contribution < 1.29 is 9.21 Å². The molecule has 0 aromatic carbocycles. The lowest BCUT2D eigenvalue weighted by Crippen LogP contribution is -2.29. The van der Waals surface area contributed by atoms with E-state index in [0.717, 1.165) is 17.9 Å². The van der Waals surface area contributed by atoms with Gasteiger partial charge < -0.3 is 9.32 Å². The Morgan fingerprint density at radius 2 is 2.29 bits per heavy atom. The molecule has 0 saturated heterocycles. The molecule has 0 radical (unpaired) electrons. The summed E-state index contributed by atoms with van der Waals surface area (Å²) in [6, 6.07) is 3.84. The zero-order valence-corrected chi connectivity index (χ0v) is 9.17. The number of carbonyl (C=O) groups is 1. The van der Waals surface area contributed by atoms with E-state index in [4.69, 9.17) is 16.0 Å². The summed E-state index contributed by atoms with van der Waals surface area (Å²) in [6.45, 7) is 2.54. The summed E-state index contributed by atoms with van der Waals surface area (Å²) in [4.78, 5) is 12.7. The minimum Gasteiger partial charge on any atom is -0.466 e. The molecule has 0 fully saturated rings. The second-order valence-electron chi connectivity index (χ2n) is 3.21. The summed E-state index contributed by atoms with van der Waals surface area (Å²) in [6.07, 6.45) is 0.729. The van der Waals surface area contributed by atoms with Crippen LogP contribution in [0.4, 0.5) is 0 Å². The Balaban J connectivity index is 2.37. The highest BCUT2D eigenvalue weighted by Gasteiger charge is 2.07. The number of alkyl halides is 1. The van der Waals surface area contributed by atoms with Gasteiger partial charge in [0.05, 0.1) is 0 Å². The van der Waals surface area contributed by atoms with Crippen molar-refractivity contribution >= 4 is 17.5 Å². The number of carbonyl (C=O) groups excluding carboxylic acids is 1. The van der Waals surface area contributed by atoms with Crippen LogP contribution in [0.1, 0.15) is 11.5 Å². The SMILES string of the molecule is Cc1ccc(CCN(C)C(=O)CCl)o1. The molecule has 1 aromatic rings. The molecule has 0 aliphatic heterocycles. The fourth-order valence-corrected chi connectivity index (χ4v) is 1.33. The van der Waals surface area contributed by atoms with Crippen LogP contribution in [0.15, 0.2) is 16.5 Å². The van der Waals surface area contributed by atoms with Gasteiger partial charge in [-0.1, -0.05) is 0 Å². The van der Waals surface area contributed by atoms with Crippen molar-refractivity contribution in [2.24, 2.45) is 0 Å². The Labute approximate surface area is 88.6 Å². The standard InChI is InChI=1S/C10H14ClNO2/c1-8-3-4-9(14-8)5-6-12(2)10(13)7-11/h3-4H,5-7H2,1-2H3. The van der Waals surface area contributed by atoms with Crippen LogP contribution in [-0.2, 0) is 11.2 Å². The van der Waals surface area contributed by atoms with Crippen molar-refractivity contribution in [2.75, 3.05) is 19.5 Å². The first-order valence-electron chi connectivity index (χ1n) is 4.48. The number of likely N-dealkylation sites (N-methyl/N-ethyl adjacent to an activating group) is 1. The molecule has 0 saturated carbocycles. The Morgan fingerprint density at radius 3 is 2.79 bits per heavy atom. The molecule has 0 bridgehead atoms. The Bertz CT molecular complexity index is 309. The van der Waals surface area contributed by atoms with Gasteiger partial charge in [-0.3, -0.25) is 4.79 Å². The second-order valence-corrected chi connectivity index (χ2v) is 3.48. The van der Waals surface area contributed by atoms with E-state index in [2.05, 4.69) is 0 Å². The van der Waals surface area contributed by atoms with Crippen LogP contribution >= 0.6 is 11.6 Å². The molecule has 0 spiro atoms. The molecule has 14 heavy (non-hydrogen) atoms. The number of nitrogens with zero attached hydrogens (tertiary/aromatic N) is 1. The van der Waals surface area contributed by atoms with Crippen molar-refractivity contribution in [2.45, 2.75) is 13.3 Å². The zero-order chi connectivity index (χ0) is 10.6. The minimum atomic E-state index is -0.0602. The lowest BCUT2D eigenvalue weighted by molar-refractivity contribution is -0.127. The summed E-state index contributed by atoms with van der Waals surface area (Å²) in [7, 11) is 1.74. The molecule has 0 atom stereocenters. The van der Waals surface area contributed by atoms with Gasteiger partial charge in [0.25, 0.3) is 0 Å². The topological polar surface area (TPSA) is 33.5 Å². The lowest BCUT2D eigenvalue weighted by atomic mass is 10.3. The molecular formula is C10H14ClNO2. The molecule has 1 amide bonds. The van der Waals surface area contributed by atoms with E-state index >= 15 is 0 Å². The van der Waals surface area contributed by atoms with E-state index in [1.807, 2.05) is 19.1 Å². The van der Waals surface area contributed by atoms with E-state index in [1.165, 1.54) is 0 Å². The Morgan fingerprint density at radius 1 is 1.57 bits per heavy atom. The van der Waals surface area contributed by atoms with Crippen LogP contribution in [-0.4, -0.2) is 30.3 Å². The highest BCUT2D eigenvalue weighted by atomic mass is 35.5. The van der Waals surface area contributed by atoms with Crippen LogP contribution in [0.25, 0.3) is 0 Å². The van der Waals surface area contributed by atoms with Crippen LogP contribution in [0.2, 0.25) is 0 Å². The van der Waals surface area contributed by atoms with Crippen molar-refractivity contribution in [3.63, 3.8) is 0 Å². The number of hydrogen-bond donors (Lipinski definition) is 0. The Kier molecular flexibility index (Phi) is 4.01. The summed E-state index contributed by atoms with van der Waals surface area (Å²) in [5, 5.41) is 0. The van der Waals surface area contributed by atoms with Gasteiger partial charge in [-0.05, 0) is 19.1 Å². The lowest BCUT2D eigenvalue weighted by Gasteiger charge is -2.14. The summed E-state index contributed by atoms with van der Waals surface area (Å²) >= 11 is 5.42. The van der Waals surface area contributed by atoms with Gasteiger partial charge >= 0.3 is 0 Å². The molecular weight excluding hydrogens is 202 g/mol. The molecule has 0 aliphatic carbocycles. The third-order valence-corrected chi connectivity index (χ3v) is 2.26. The molecule has 1 aromatic heterocycles. The number of furan rings is 1. The van der Waals surface area contributed by atoms with Crippen LogP contribution in [0.5, 0.6) is 0 Å². The summed E-state index contributed by atoms with van der Waals surface area (Å²) in [5.41, 5.74) is 0. The summed E-state index contributed by atoms with van der Waals surface area (Å²) in [5.74, 6) is 1.77. The van der Waals surface area contributed by atoms with Gasteiger partial charge in [0.2, 0.25) is 5.91 Å². The van der Waals surface area contributed by atoms with Crippen molar-refractivity contribution in [3.8, 4) is 0 Å². The highest BCUT2D eigenvalue weighted by molar-refractivity contribution is 6.27. The minimum absolute atomic E-state index is 0.0354. The van der Waals surface area contributed by atoms with Crippen molar-refractivity contribution in [3.05, 3.63) is 23.7 Å². The maximum atomic E-state index is 11.1. The van der Waals surface area contributed by atoms with Gasteiger partial charge in [0, 0.05) is 20.0 Å². The first kappa shape index (κ1) is 11.1. The predicted octanol–water partition coefficient (Wildman–Crippen LogP) is 1.83. The first-order chi connectivity index (χ1) is 6.63. The number of halogens is 1. The van der Waals surface area contributed by atoms with Crippen LogP contribution in [0.3, 0.4) is 0 Å². The third-order valence-electron chi connectivity index (χ3n) is 2.03. The van der Waals surface area contributed by atoms with Crippen LogP contribution < -0.4 is 0 Å². The number of hydrogen-bond acceptors (Lipinski definition) is 2. The van der Waals surface area contributed by atoms with E-state index in [1.54, 1.807) is 11.9 Å². The van der Waals surface area contributed by atoms with E-state index in [9.17, 15) is 4.79 Å². The monoisotopic (exact) mass is 215 g/mol. The van der Waals surface area contributed by atoms with Gasteiger partial charge in [-0.2, -0.15) is 0 Å². The van der Waals surface area contributed by atoms with Gasteiger partial charge in [-0.25, -0.2) is 0 Å². The molecule has 4 heteroatoms.